The molecule has 1 fully saturated rings. The summed E-state index contributed by atoms with van der Waals surface area (Å²) in [5.41, 5.74) is 1.60. The molecule has 1 rings (SSSR count). The quantitative estimate of drug-likeness (QED) is 0.418. The molecule has 0 aliphatic heterocycles. The van der Waals surface area contributed by atoms with Gasteiger partial charge >= 0.3 is 0 Å². The van der Waals surface area contributed by atoms with Gasteiger partial charge in [-0.2, -0.15) is 0 Å². The molecule has 0 aromatic heterocycles. The largest absolute Gasteiger partial charge is 0.295 e. The molecule has 4 nitrogen and oxygen atoms in total. The molecule has 2 N–H and O–H groups in total. The van der Waals surface area contributed by atoms with Gasteiger partial charge in [0.05, 0.1) is 6.54 Å². The van der Waals surface area contributed by atoms with Crippen molar-refractivity contribution in [1.82, 2.24) is 10.4 Å². The number of amides is 1. The minimum absolute atomic E-state index is 0.293. The summed E-state index contributed by atoms with van der Waals surface area (Å²) < 4.78 is 0. The van der Waals surface area contributed by atoms with Crippen LogP contribution < -0.4 is 5.48 Å². The van der Waals surface area contributed by atoms with E-state index in [0.29, 0.717) is 12.6 Å². The Hall–Kier alpha value is -0.610. The van der Waals surface area contributed by atoms with Crippen LogP contribution in [0.5, 0.6) is 0 Å². The Bertz CT molecular complexity index is 134. The topological polar surface area (TPSA) is 52.6 Å². The fourth-order valence-electron chi connectivity index (χ4n) is 0.906. The maximum atomic E-state index is 10.6. The molecule has 0 atom stereocenters. The zero-order valence-corrected chi connectivity index (χ0v) is 6.00. The summed E-state index contributed by atoms with van der Waals surface area (Å²) in [4.78, 5) is 12.5. The highest BCUT2D eigenvalue weighted by molar-refractivity contribution is 5.76. The predicted octanol–water partition coefficient (Wildman–Crippen LogP) is -0.414. The summed E-state index contributed by atoms with van der Waals surface area (Å²) in [5, 5.41) is 8.16. The lowest BCUT2D eigenvalue weighted by molar-refractivity contribution is -0.130. The van der Waals surface area contributed by atoms with Gasteiger partial charge in [-0.25, -0.2) is 5.48 Å². The molecule has 1 saturated carbocycles. The number of hydrogen-bond acceptors (Lipinski definition) is 3. The highest BCUT2D eigenvalue weighted by Crippen LogP contribution is 2.24. The van der Waals surface area contributed by atoms with E-state index in [1.165, 1.54) is 12.8 Å². The van der Waals surface area contributed by atoms with E-state index in [9.17, 15) is 4.79 Å². The van der Waals surface area contributed by atoms with Crippen molar-refractivity contribution in [2.75, 3.05) is 13.6 Å². The van der Waals surface area contributed by atoms with Crippen molar-refractivity contribution in [1.29, 1.82) is 0 Å². The van der Waals surface area contributed by atoms with E-state index in [4.69, 9.17) is 5.21 Å². The number of carbonyl (C=O) groups is 1. The summed E-state index contributed by atoms with van der Waals surface area (Å²) in [5.74, 6) is -0.339. The molecule has 1 amide bonds. The molecule has 1 aliphatic carbocycles. The van der Waals surface area contributed by atoms with Crippen LogP contribution in [0.25, 0.3) is 0 Å². The van der Waals surface area contributed by atoms with Crippen LogP contribution in [0.3, 0.4) is 0 Å². The SMILES string of the molecule is CN(CC(=O)NO)C1CC1. The second-order valence-electron chi connectivity index (χ2n) is 2.68. The fraction of sp³-hybridized carbons (Fsp3) is 0.833. The van der Waals surface area contributed by atoms with Crippen molar-refractivity contribution in [3.63, 3.8) is 0 Å². The third kappa shape index (κ3) is 1.97. The molecular weight excluding hydrogens is 132 g/mol. The molecular formula is C6H12N2O2. The highest BCUT2D eigenvalue weighted by Gasteiger charge is 2.26. The number of nitrogens with zero attached hydrogens (tertiary/aromatic N) is 1. The third-order valence-electron chi connectivity index (χ3n) is 1.69. The Morgan fingerprint density at radius 1 is 1.80 bits per heavy atom. The van der Waals surface area contributed by atoms with Crippen LogP contribution >= 0.6 is 0 Å². The zero-order valence-electron chi connectivity index (χ0n) is 6.00. The average Bonchev–Trinajstić information content (AvgIpc) is 2.68. The van der Waals surface area contributed by atoms with Gasteiger partial charge in [-0.15, -0.1) is 0 Å². The fourth-order valence-corrected chi connectivity index (χ4v) is 0.906. The molecule has 0 unspecified atom stereocenters. The van der Waals surface area contributed by atoms with E-state index < -0.39 is 0 Å². The van der Waals surface area contributed by atoms with E-state index in [-0.39, 0.29) is 5.91 Å². The molecule has 10 heavy (non-hydrogen) atoms. The number of nitrogens with one attached hydrogen (secondary N) is 1. The first-order valence-corrected chi connectivity index (χ1v) is 3.37. The van der Waals surface area contributed by atoms with E-state index in [2.05, 4.69) is 0 Å². The lowest BCUT2D eigenvalue weighted by Crippen LogP contribution is -2.34. The minimum atomic E-state index is -0.339. The van der Waals surface area contributed by atoms with Crippen molar-refractivity contribution < 1.29 is 10.0 Å². The second kappa shape index (κ2) is 2.98. The van der Waals surface area contributed by atoms with Gasteiger partial charge in [0.15, 0.2) is 0 Å². The molecule has 0 saturated heterocycles. The third-order valence-corrected chi connectivity index (χ3v) is 1.69. The molecule has 4 heteroatoms. The molecule has 0 heterocycles. The first kappa shape index (κ1) is 7.50. The number of rotatable bonds is 3. The van der Waals surface area contributed by atoms with Crippen LogP contribution in [0.15, 0.2) is 0 Å². The molecule has 58 valence electrons. The first-order chi connectivity index (χ1) is 4.74. The first-order valence-electron chi connectivity index (χ1n) is 3.37. The lowest BCUT2D eigenvalue weighted by atomic mass is 10.5. The molecule has 0 aromatic rings. The summed E-state index contributed by atoms with van der Waals surface area (Å²) >= 11 is 0. The summed E-state index contributed by atoms with van der Waals surface area (Å²) in [6, 6.07) is 0.567. The molecule has 0 radical (unpaired) electrons. The van der Waals surface area contributed by atoms with Crippen molar-refractivity contribution in [3.05, 3.63) is 0 Å². The predicted molar refractivity (Wildman–Crippen MR) is 35.6 cm³/mol. The Kier molecular flexibility index (Phi) is 2.24. The van der Waals surface area contributed by atoms with Gasteiger partial charge in [-0.3, -0.25) is 14.9 Å². The normalized spacial score (nSPS) is 17.5. The van der Waals surface area contributed by atoms with Crippen LogP contribution in [0.4, 0.5) is 0 Å². The van der Waals surface area contributed by atoms with Crippen LogP contribution in [0.1, 0.15) is 12.8 Å². The van der Waals surface area contributed by atoms with Gasteiger partial charge in [0.1, 0.15) is 0 Å². The van der Waals surface area contributed by atoms with Crippen molar-refractivity contribution in [2.24, 2.45) is 0 Å². The Labute approximate surface area is 59.8 Å². The molecule has 0 bridgehead atoms. The van der Waals surface area contributed by atoms with Gasteiger partial charge in [0, 0.05) is 6.04 Å². The second-order valence-corrected chi connectivity index (χ2v) is 2.68. The van der Waals surface area contributed by atoms with Gasteiger partial charge in [0.25, 0.3) is 5.91 Å². The van der Waals surface area contributed by atoms with Gasteiger partial charge < -0.3 is 0 Å². The molecule has 1 aliphatic rings. The summed E-state index contributed by atoms with van der Waals surface area (Å²) in [7, 11) is 1.88. The van der Waals surface area contributed by atoms with E-state index in [1.54, 1.807) is 5.48 Å². The summed E-state index contributed by atoms with van der Waals surface area (Å²) in [6.07, 6.45) is 2.35. The van der Waals surface area contributed by atoms with E-state index in [0.717, 1.165) is 0 Å². The maximum Gasteiger partial charge on any atom is 0.257 e. The Morgan fingerprint density at radius 3 is 2.80 bits per heavy atom. The van der Waals surface area contributed by atoms with E-state index >= 15 is 0 Å². The average molecular weight is 144 g/mol. The number of likely N-dealkylation sites (N-methyl/N-ethyl adjacent to an activating group) is 1. The molecule has 0 spiro atoms. The van der Waals surface area contributed by atoms with Gasteiger partial charge in [-0.1, -0.05) is 0 Å². The number of hydroxylamine groups is 1. The van der Waals surface area contributed by atoms with Crippen LogP contribution in [-0.4, -0.2) is 35.6 Å². The smallest absolute Gasteiger partial charge is 0.257 e. The van der Waals surface area contributed by atoms with Crippen LogP contribution in [0.2, 0.25) is 0 Å². The summed E-state index contributed by atoms with van der Waals surface area (Å²) in [6.45, 7) is 0.293. The Balaban J connectivity index is 2.16. The Morgan fingerprint density at radius 2 is 2.40 bits per heavy atom. The monoisotopic (exact) mass is 144 g/mol. The van der Waals surface area contributed by atoms with Crippen LogP contribution in [0, 0.1) is 0 Å². The lowest BCUT2D eigenvalue weighted by Gasteiger charge is -2.12. The maximum absolute atomic E-state index is 10.6. The number of hydrogen-bond donors (Lipinski definition) is 2. The zero-order chi connectivity index (χ0) is 7.56. The van der Waals surface area contributed by atoms with Crippen molar-refractivity contribution >= 4 is 5.91 Å². The number of carbonyl (C=O) groups excluding carboxylic acids is 1. The van der Waals surface area contributed by atoms with Crippen molar-refractivity contribution in [3.8, 4) is 0 Å². The van der Waals surface area contributed by atoms with Gasteiger partial charge in [-0.05, 0) is 19.9 Å². The van der Waals surface area contributed by atoms with Crippen LogP contribution in [-0.2, 0) is 4.79 Å². The minimum Gasteiger partial charge on any atom is -0.295 e. The standard InChI is InChI=1S/C6H12N2O2/c1-8(5-2-3-5)4-6(9)7-10/h5,10H,2-4H2,1H3,(H,7,9). The van der Waals surface area contributed by atoms with Gasteiger partial charge in [0.2, 0.25) is 0 Å². The molecule has 0 aromatic carbocycles. The van der Waals surface area contributed by atoms with E-state index in [1.807, 2.05) is 11.9 Å². The highest BCUT2D eigenvalue weighted by atomic mass is 16.5. The van der Waals surface area contributed by atoms with Crippen molar-refractivity contribution in [2.45, 2.75) is 18.9 Å².